The molecule has 0 spiro atoms. The number of aromatic nitrogens is 4. The topological polar surface area (TPSA) is 87.7 Å². The van der Waals surface area contributed by atoms with E-state index in [-0.39, 0.29) is 0 Å². The van der Waals surface area contributed by atoms with E-state index in [2.05, 4.69) is 48.9 Å². The molecule has 2 aromatic heterocycles. The highest BCUT2D eigenvalue weighted by molar-refractivity contribution is 8.01. The maximum absolute atomic E-state index is 4.66. The first kappa shape index (κ1) is 21.2. The molecule has 0 bridgehead atoms. The third-order valence-electron chi connectivity index (χ3n) is 4.59. The molecule has 164 valence electrons. The van der Waals surface area contributed by atoms with Crippen LogP contribution in [0.25, 0.3) is 10.2 Å². The van der Waals surface area contributed by atoms with E-state index < -0.39 is 0 Å². The molecule has 0 saturated carbocycles. The van der Waals surface area contributed by atoms with Crippen LogP contribution in [0, 0.1) is 0 Å². The first-order valence-electron chi connectivity index (χ1n) is 10.5. The number of anilines is 6. The molecule has 0 aliphatic carbocycles. The molecule has 9 heteroatoms. The molecule has 3 N–H and O–H groups in total. The van der Waals surface area contributed by atoms with Crippen molar-refractivity contribution < 1.29 is 0 Å². The van der Waals surface area contributed by atoms with Crippen LogP contribution in [0.2, 0.25) is 0 Å². The molecule has 7 nitrogen and oxygen atoms in total. The van der Waals surface area contributed by atoms with Crippen molar-refractivity contribution >= 4 is 68.2 Å². The third-order valence-corrected chi connectivity index (χ3v) is 6.63. The molecule has 3 aromatic carbocycles. The first-order valence-corrected chi connectivity index (χ1v) is 12.3. The molecule has 0 aliphatic rings. The van der Waals surface area contributed by atoms with Crippen molar-refractivity contribution in [2.45, 2.75) is 11.3 Å². The summed E-state index contributed by atoms with van der Waals surface area (Å²) >= 11 is 3.44. The van der Waals surface area contributed by atoms with Crippen LogP contribution in [0.4, 0.5) is 34.9 Å². The Bertz CT molecular complexity index is 1300. The molecule has 0 amide bonds. The average Bonchev–Trinajstić information content (AvgIpc) is 3.22. The minimum atomic E-state index is 0.439. The quantitative estimate of drug-likeness (QED) is 0.212. The Labute approximate surface area is 199 Å². The summed E-state index contributed by atoms with van der Waals surface area (Å²) in [6.07, 6.45) is 0. The van der Waals surface area contributed by atoms with Gasteiger partial charge in [-0.1, -0.05) is 55.1 Å². The van der Waals surface area contributed by atoms with Crippen LogP contribution in [0.5, 0.6) is 0 Å². The van der Waals surface area contributed by atoms with Gasteiger partial charge in [-0.2, -0.15) is 15.0 Å². The van der Waals surface area contributed by atoms with Crippen LogP contribution in [0.15, 0.2) is 83.2 Å². The van der Waals surface area contributed by atoms with E-state index in [1.807, 2.05) is 72.8 Å². The van der Waals surface area contributed by atoms with Crippen LogP contribution in [0.1, 0.15) is 6.92 Å². The molecule has 0 aliphatic heterocycles. The van der Waals surface area contributed by atoms with Crippen molar-refractivity contribution in [3.63, 3.8) is 0 Å². The lowest BCUT2D eigenvalue weighted by molar-refractivity contribution is 1.06. The number of fused-ring (bicyclic) bond motifs is 1. The number of thiazole rings is 1. The number of thioether (sulfide) groups is 1. The Morgan fingerprint density at radius 2 is 1.21 bits per heavy atom. The Balaban J connectivity index is 1.45. The molecule has 5 rings (SSSR count). The van der Waals surface area contributed by atoms with Gasteiger partial charge in [-0.25, -0.2) is 4.98 Å². The second kappa shape index (κ2) is 9.85. The van der Waals surface area contributed by atoms with Gasteiger partial charge in [0.2, 0.25) is 17.8 Å². The minimum absolute atomic E-state index is 0.439. The Morgan fingerprint density at radius 3 is 1.76 bits per heavy atom. The molecule has 0 atom stereocenters. The maximum Gasteiger partial charge on any atom is 0.233 e. The fourth-order valence-electron chi connectivity index (χ4n) is 3.14. The largest absolute Gasteiger partial charge is 0.324 e. The SMILES string of the molecule is CCSc1nc2ccc(Nc3nc(Nc4ccccc4)nc(Nc4ccccc4)n3)cc2s1. The van der Waals surface area contributed by atoms with Crippen molar-refractivity contribution in [3.8, 4) is 0 Å². The number of nitrogens with one attached hydrogen (secondary N) is 3. The van der Waals surface area contributed by atoms with Crippen LogP contribution >= 0.6 is 23.1 Å². The van der Waals surface area contributed by atoms with E-state index in [1.165, 1.54) is 0 Å². The van der Waals surface area contributed by atoms with E-state index in [0.29, 0.717) is 17.8 Å². The molecule has 0 fully saturated rings. The molecule has 2 heterocycles. The van der Waals surface area contributed by atoms with E-state index in [1.54, 1.807) is 23.1 Å². The fourth-order valence-corrected chi connectivity index (χ4v) is 5.15. The summed E-state index contributed by atoms with van der Waals surface area (Å²) in [5, 5.41) is 9.82. The molecule has 5 aromatic rings. The van der Waals surface area contributed by atoms with Gasteiger partial charge in [0.25, 0.3) is 0 Å². The summed E-state index contributed by atoms with van der Waals surface area (Å²) in [6, 6.07) is 25.7. The summed E-state index contributed by atoms with van der Waals surface area (Å²) in [4.78, 5) is 18.4. The van der Waals surface area contributed by atoms with E-state index in [9.17, 15) is 0 Å². The summed E-state index contributed by atoms with van der Waals surface area (Å²) < 4.78 is 2.20. The zero-order valence-corrected chi connectivity index (χ0v) is 19.5. The van der Waals surface area contributed by atoms with Gasteiger partial charge in [0.1, 0.15) is 0 Å². The predicted molar refractivity (Wildman–Crippen MR) is 139 cm³/mol. The zero-order valence-electron chi connectivity index (χ0n) is 17.8. The van der Waals surface area contributed by atoms with Crippen molar-refractivity contribution in [2.75, 3.05) is 21.7 Å². The van der Waals surface area contributed by atoms with Gasteiger partial charge in [-0.05, 0) is 48.2 Å². The van der Waals surface area contributed by atoms with Crippen LogP contribution in [0.3, 0.4) is 0 Å². The smallest absolute Gasteiger partial charge is 0.233 e. The zero-order chi connectivity index (χ0) is 22.5. The van der Waals surface area contributed by atoms with Crippen LogP contribution in [-0.2, 0) is 0 Å². The lowest BCUT2D eigenvalue weighted by Crippen LogP contribution is -2.07. The van der Waals surface area contributed by atoms with Gasteiger partial charge in [-0.3, -0.25) is 0 Å². The van der Waals surface area contributed by atoms with Crippen molar-refractivity contribution in [1.29, 1.82) is 0 Å². The summed E-state index contributed by atoms with van der Waals surface area (Å²) in [5.41, 5.74) is 3.68. The molecule has 0 saturated heterocycles. The van der Waals surface area contributed by atoms with Gasteiger partial charge < -0.3 is 16.0 Å². The molecule has 0 unspecified atom stereocenters. The number of benzene rings is 3. The van der Waals surface area contributed by atoms with Crippen molar-refractivity contribution in [2.24, 2.45) is 0 Å². The van der Waals surface area contributed by atoms with E-state index in [0.717, 1.165) is 37.4 Å². The van der Waals surface area contributed by atoms with Crippen LogP contribution < -0.4 is 16.0 Å². The lowest BCUT2D eigenvalue weighted by Gasteiger charge is -2.11. The maximum atomic E-state index is 4.66. The Kier molecular flexibility index (Phi) is 6.32. The first-order chi connectivity index (χ1) is 16.2. The van der Waals surface area contributed by atoms with Gasteiger partial charge >= 0.3 is 0 Å². The van der Waals surface area contributed by atoms with Crippen LogP contribution in [-0.4, -0.2) is 25.7 Å². The number of hydrogen-bond donors (Lipinski definition) is 3. The summed E-state index contributed by atoms with van der Waals surface area (Å²) in [5.74, 6) is 2.33. The van der Waals surface area contributed by atoms with E-state index >= 15 is 0 Å². The fraction of sp³-hybridized carbons (Fsp3) is 0.0833. The predicted octanol–water partition coefficient (Wildman–Crippen LogP) is 6.82. The summed E-state index contributed by atoms with van der Waals surface area (Å²) in [6.45, 7) is 2.13. The summed E-state index contributed by atoms with van der Waals surface area (Å²) in [7, 11) is 0. The highest BCUT2D eigenvalue weighted by atomic mass is 32.2. The Morgan fingerprint density at radius 1 is 0.667 bits per heavy atom. The normalized spacial score (nSPS) is 10.8. The second-order valence-electron chi connectivity index (χ2n) is 7.01. The lowest BCUT2D eigenvalue weighted by atomic mass is 10.3. The number of rotatable bonds is 8. The monoisotopic (exact) mass is 471 g/mol. The van der Waals surface area contributed by atoms with Gasteiger partial charge in [0, 0.05) is 17.1 Å². The van der Waals surface area contributed by atoms with Gasteiger partial charge in [0.05, 0.1) is 10.2 Å². The highest BCUT2D eigenvalue weighted by Gasteiger charge is 2.10. The molecule has 33 heavy (non-hydrogen) atoms. The Hall–Kier alpha value is -3.69. The molecule has 0 radical (unpaired) electrons. The number of para-hydroxylation sites is 2. The average molecular weight is 472 g/mol. The number of hydrogen-bond acceptors (Lipinski definition) is 9. The minimum Gasteiger partial charge on any atom is -0.324 e. The third kappa shape index (κ3) is 5.39. The molecular weight excluding hydrogens is 450 g/mol. The highest BCUT2D eigenvalue weighted by Crippen LogP contribution is 2.31. The van der Waals surface area contributed by atoms with Gasteiger partial charge in [0.15, 0.2) is 4.34 Å². The van der Waals surface area contributed by atoms with Crippen molar-refractivity contribution in [3.05, 3.63) is 78.9 Å². The van der Waals surface area contributed by atoms with E-state index in [4.69, 9.17) is 0 Å². The van der Waals surface area contributed by atoms with Gasteiger partial charge in [-0.15, -0.1) is 11.3 Å². The standard InChI is InChI=1S/C24H21N7S2/c1-2-32-24-28-19-14-13-18(15-20(19)33-24)27-23-30-21(25-16-9-5-3-6-10-16)29-22(31-23)26-17-11-7-4-8-12-17/h3-15H,2H2,1H3,(H3,25,26,27,29,30,31). The van der Waals surface area contributed by atoms with Crippen molar-refractivity contribution in [1.82, 2.24) is 19.9 Å². The number of nitrogens with zero attached hydrogens (tertiary/aromatic N) is 4. The molecular formula is C24H21N7S2. The second-order valence-corrected chi connectivity index (χ2v) is 9.55.